The van der Waals surface area contributed by atoms with E-state index in [0.717, 1.165) is 18.7 Å². The fourth-order valence-corrected chi connectivity index (χ4v) is 1.66. The van der Waals surface area contributed by atoms with Crippen LogP contribution in [-0.4, -0.2) is 32.6 Å². The lowest BCUT2D eigenvalue weighted by Crippen LogP contribution is -2.13. The maximum absolute atomic E-state index is 5.18. The Morgan fingerprint density at radius 1 is 1.27 bits per heavy atom. The Labute approximate surface area is 92.9 Å². The van der Waals surface area contributed by atoms with Crippen molar-refractivity contribution in [3.8, 4) is 5.75 Å². The van der Waals surface area contributed by atoms with Gasteiger partial charge in [-0.25, -0.2) is 0 Å². The van der Waals surface area contributed by atoms with E-state index in [0.29, 0.717) is 0 Å². The second-order valence-corrected chi connectivity index (χ2v) is 4.20. The highest BCUT2D eigenvalue weighted by molar-refractivity contribution is 5.34. The smallest absolute Gasteiger partial charge is 0.119 e. The van der Waals surface area contributed by atoms with Crippen LogP contribution in [0.4, 0.5) is 0 Å². The van der Waals surface area contributed by atoms with E-state index in [1.807, 2.05) is 6.07 Å². The van der Waals surface area contributed by atoms with Gasteiger partial charge in [0.1, 0.15) is 5.75 Å². The summed E-state index contributed by atoms with van der Waals surface area (Å²) in [6.07, 6.45) is 2.36. The van der Waals surface area contributed by atoms with Crippen molar-refractivity contribution in [2.45, 2.75) is 19.8 Å². The van der Waals surface area contributed by atoms with Gasteiger partial charge in [-0.05, 0) is 63.7 Å². The Kier molecular flexibility index (Phi) is 4.63. The summed E-state index contributed by atoms with van der Waals surface area (Å²) in [6.45, 7) is 3.29. The van der Waals surface area contributed by atoms with Crippen LogP contribution in [0, 0.1) is 6.92 Å². The van der Waals surface area contributed by atoms with Gasteiger partial charge in [0.25, 0.3) is 0 Å². The molecular weight excluding hydrogens is 186 g/mol. The minimum Gasteiger partial charge on any atom is -0.497 e. The molecule has 15 heavy (non-hydrogen) atoms. The Balaban J connectivity index is 2.54. The predicted molar refractivity (Wildman–Crippen MR) is 64.6 cm³/mol. The zero-order valence-electron chi connectivity index (χ0n) is 10.2. The Bertz CT molecular complexity index is 307. The van der Waals surface area contributed by atoms with Crippen LogP contribution in [0.25, 0.3) is 0 Å². The van der Waals surface area contributed by atoms with Crippen LogP contribution < -0.4 is 4.74 Å². The van der Waals surface area contributed by atoms with Gasteiger partial charge in [0.15, 0.2) is 0 Å². The predicted octanol–water partition coefficient (Wildman–Crippen LogP) is 2.50. The molecule has 1 rings (SSSR count). The van der Waals surface area contributed by atoms with Gasteiger partial charge in [0.05, 0.1) is 7.11 Å². The SMILES string of the molecule is COc1ccc(CCCN(C)C)c(C)c1. The Morgan fingerprint density at radius 2 is 2.00 bits per heavy atom. The van der Waals surface area contributed by atoms with Gasteiger partial charge in [-0.3, -0.25) is 0 Å². The lowest BCUT2D eigenvalue weighted by Gasteiger charge is -2.11. The van der Waals surface area contributed by atoms with Gasteiger partial charge in [0.2, 0.25) is 0 Å². The van der Waals surface area contributed by atoms with Crippen LogP contribution in [0.5, 0.6) is 5.75 Å². The molecule has 0 heterocycles. The van der Waals surface area contributed by atoms with E-state index in [-0.39, 0.29) is 0 Å². The van der Waals surface area contributed by atoms with Crippen LogP contribution >= 0.6 is 0 Å². The fourth-order valence-electron chi connectivity index (χ4n) is 1.66. The zero-order chi connectivity index (χ0) is 11.3. The molecule has 0 radical (unpaired) electrons. The second kappa shape index (κ2) is 5.76. The van der Waals surface area contributed by atoms with Crippen molar-refractivity contribution < 1.29 is 4.74 Å². The first-order valence-electron chi connectivity index (χ1n) is 5.41. The summed E-state index contributed by atoms with van der Waals surface area (Å²) < 4.78 is 5.18. The third-order valence-electron chi connectivity index (χ3n) is 2.60. The molecule has 0 aliphatic rings. The standard InChI is InChI=1S/C13H21NO/c1-11-10-13(15-4)8-7-12(11)6-5-9-14(2)3/h7-8,10H,5-6,9H2,1-4H3. The second-order valence-electron chi connectivity index (χ2n) is 4.20. The highest BCUT2D eigenvalue weighted by atomic mass is 16.5. The average Bonchev–Trinajstić information content (AvgIpc) is 2.20. The van der Waals surface area contributed by atoms with Gasteiger partial charge in [0, 0.05) is 0 Å². The fraction of sp³-hybridized carbons (Fsp3) is 0.538. The first-order valence-corrected chi connectivity index (χ1v) is 5.41. The van der Waals surface area contributed by atoms with Crippen molar-refractivity contribution in [2.24, 2.45) is 0 Å². The van der Waals surface area contributed by atoms with Crippen molar-refractivity contribution in [3.05, 3.63) is 29.3 Å². The number of hydrogen-bond donors (Lipinski definition) is 0. The molecule has 0 aliphatic heterocycles. The molecule has 0 bridgehead atoms. The minimum absolute atomic E-state index is 0.948. The molecule has 0 aliphatic carbocycles. The summed E-state index contributed by atoms with van der Waals surface area (Å²) in [4.78, 5) is 2.22. The molecule has 0 spiro atoms. The summed E-state index contributed by atoms with van der Waals surface area (Å²) in [7, 11) is 5.93. The van der Waals surface area contributed by atoms with E-state index in [9.17, 15) is 0 Å². The van der Waals surface area contributed by atoms with Crippen molar-refractivity contribution in [3.63, 3.8) is 0 Å². The Morgan fingerprint density at radius 3 is 2.53 bits per heavy atom. The molecule has 0 amide bonds. The van der Waals surface area contributed by atoms with Crippen LogP contribution in [0.1, 0.15) is 17.5 Å². The van der Waals surface area contributed by atoms with Crippen molar-refractivity contribution in [1.82, 2.24) is 4.90 Å². The molecule has 1 aromatic carbocycles. The van der Waals surface area contributed by atoms with Crippen molar-refractivity contribution >= 4 is 0 Å². The molecule has 0 unspecified atom stereocenters. The number of ether oxygens (including phenoxy) is 1. The summed E-state index contributed by atoms with van der Waals surface area (Å²) >= 11 is 0. The number of hydrogen-bond acceptors (Lipinski definition) is 2. The molecule has 2 nitrogen and oxygen atoms in total. The van der Waals surface area contributed by atoms with Gasteiger partial charge < -0.3 is 9.64 Å². The van der Waals surface area contributed by atoms with Gasteiger partial charge in [-0.15, -0.1) is 0 Å². The monoisotopic (exact) mass is 207 g/mol. The van der Waals surface area contributed by atoms with E-state index in [1.54, 1.807) is 7.11 Å². The third-order valence-corrected chi connectivity index (χ3v) is 2.60. The number of benzene rings is 1. The van der Waals surface area contributed by atoms with Crippen molar-refractivity contribution in [2.75, 3.05) is 27.7 Å². The summed E-state index contributed by atoms with van der Waals surface area (Å²) in [5.41, 5.74) is 2.76. The molecule has 0 atom stereocenters. The molecule has 0 fully saturated rings. The van der Waals surface area contributed by atoms with E-state index in [4.69, 9.17) is 4.74 Å². The van der Waals surface area contributed by atoms with E-state index < -0.39 is 0 Å². The number of aryl methyl sites for hydroxylation is 2. The molecule has 0 saturated carbocycles. The first-order chi connectivity index (χ1) is 7.13. The quantitative estimate of drug-likeness (QED) is 0.735. The topological polar surface area (TPSA) is 12.5 Å². The maximum atomic E-state index is 5.18. The summed E-state index contributed by atoms with van der Waals surface area (Å²) in [5.74, 6) is 0.948. The molecule has 84 valence electrons. The third kappa shape index (κ3) is 3.92. The molecular formula is C13H21NO. The summed E-state index contributed by atoms with van der Waals surface area (Å²) in [5, 5.41) is 0. The van der Waals surface area contributed by atoms with E-state index >= 15 is 0 Å². The number of methoxy groups -OCH3 is 1. The van der Waals surface area contributed by atoms with E-state index in [2.05, 4.69) is 38.1 Å². The highest BCUT2D eigenvalue weighted by Gasteiger charge is 2.00. The summed E-state index contributed by atoms with van der Waals surface area (Å²) in [6, 6.07) is 6.31. The number of nitrogens with zero attached hydrogens (tertiary/aromatic N) is 1. The Hall–Kier alpha value is -1.02. The maximum Gasteiger partial charge on any atom is 0.119 e. The minimum atomic E-state index is 0.948. The highest BCUT2D eigenvalue weighted by Crippen LogP contribution is 2.17. The van der Waals surface area contributed by atoms with Crippen LogP contribution in [0.15, 0.2) is 18.2 Å². The van der Waals surface area contributed by atoms with Gasteiger partial charge in [-0.2, -0.15) is 0 Å². The lowest BCUT2D eigenvalue weighted by atomic mass is 10.0. The molecule has 0 saturated heterocycles. The molecule has 1 aromatic rings. The first kappa shape index (κ1) is 12.1. The van der Waals surface area contributed by atoms with Gasteiger partial charge >= 0.3 is 0 Å². The van der Waals surface area contributed by atoms with Crippen LogP contribution in [0.3, 0.4) is 0 Å². The molecule has 0 aromatic heterocycles. The average molecular weight is 207 g/mol. The van der Waals surface area contributed by atoms with E-state index in [1.165, 1.54) is 17.5 Å². The normalized spacial score (nSPS) is 10.7. The lowest BCUT2D eigenvalue weighted by molar-refractivity contribution is 0.399. The van der Waals surface area contributed by atoms with Crippen LogP contribution in [0.2, 0.25) is 0 Å². The van der Waals surface area contributed by atoms with Crippen LogP contribution in [-0.2, 0) is 6.42 Å². The molecule has 0 N–H and O–H groups in total. The molecule has 2 heteroatoms. The number of rotatable bonds is 5. The van der Waals surface area contributed by atoms with Gasteiger partial charge in [-0.1, -0.05) is 6.07 Å². The largest absolute Gasteiger partial charge is 0.497 e. The zero-order valence-corrected chi connectivity index (χ0v) is 10.2. The van der Waals surface area contributed by atoms with Crippen molar-refractivity contribution in [1.29, 1.82) is 0 Å².